The molecule has 3 aromatic carbocycles. The maximum Gasteiger partial charge on any atom is 0.419 e. The zero-order valence-corrected chi connectivity index (χ0v) is 41.8. The number of para-hydroxylation sites is 1. The average molecular weight is 886 g/mol. The Morgan fingerprint density at radius 3 is 1.95 bits per heavy atom. The number of carbonyl (C=O) groups is 2. The van der Waals surface area contributed by atoms with E-state index in [0.29, 0.717) is 50.3 Å². The summed E-state index contributed by atoms with van der Waals surface area (Å²) >= 11 is 0. The number of methoxy groups -OCH3 is 1. The number of hydrogen-bond donors (Lipinski definition) is 0. The molecule has 62 heavy (non-hydrogen) atoms. The van der Waals surface area contributed by atoms with Crippen LogP contribution in [0.1, 0.15) is 118 Å². The molecule has 4 aromatic rings. The van der Waals surface area contributed by atoms with E-state index >= 15 is 0 Å². The second-order valence-electron chi connectivity index (χ2n) is 20.1. The van der Waals surface area contributed by atoms with Crippen LogP contribution >= 0.6 is 0 Å². The van der Waals surface area contributed by atoms with Crippen LogP contribution in [0.3, 0.4) is 0 Å². The SMILES string of the molecule is CCC(CC)(C[C@H](CO[Si](c1ccccc1)(c1ccccc1)C(C)(C)C)CC(C(=O)OC)c1c(CCOC2CCCCO2)c2ccccc2n1C(=O)OC(C)(C)C)O[Si](C)(C)C. The predicted octanol–water partition coefficient (Wildman–Crippen LogP) is 11.2. The van der Waals surface area contributed by atoms with E-state index in [9.17, 15) is 9.59 Å². The minimum Gasteiger partial charge on any atom is -0.469 e. The Kier molecular flexibility index (Phi) is 16.7. The summed E-state index contributed by atoms with van der Waals surface area (Å²) < 4.78 is 40.7. The molecular formula is C51H75NO8Si2. The van der Waals surface area contributed by atoms with E-state index in [1.807, 2.05) is 45.0 Å². The highest BCUT2D eigenvalue weighted by atomic mass is 28.4. The first-order valence-electron chi connectivity index (χ1n) is 22.9. The maximum absolute atomic E-state index is 14.7. The minimum absolute atomic E-state index is 0.193. The van der Waals surface area contributed by atoms with Crippen molar-refractivity contribution in [2.75, 3.05) is 26.9 Å². The van der Waals surface area contributed by atoms with Crippen LogP contribution in [0.15, 0.2) is 84.9 Å². The van der Waals surface area contributed by atoms with Crippen molar-refractivity contribution in [3.05, 3.63) is 96.2 Å². The zero-order chi connectivity index (χ0) is 45.3. The number of benzene rings is 3. The quantitative estimate of drug-likeness (QED) is 0.0679. The summed E-state index contributed by atoms with van der Waals surface area (Å²) in [4.78, 5) is 29.3. The first-order valence-corrected chi connectivity index (χ1v) is 28.2. The normalized spacial score (nSPS) is 16.5. The van der Waals surface area contributed by atoms with Gasteiger partial charge >= 0.3 is 12.1 Å². The zero-order valence-electron chi connectivity index (χ0n) is 39.8. The van der Waals surface area contributed by atoms with Crippen LogP contribution < -0.4 is 10.4 Å². The summed E-state index contributed by atoms with van der Waals surface area (Å²) in [6.45, 7) is 25.0. The van der Waals surface area contributed by atoms with Gasteiger partial charge in [0.1, 0.15) is 5.60 Å². The van der Waals surface area contributed by atoms with Gasteiger partial charge in [0.25, 0.3) is 8.32 Å². The fourth-order valence-electron chi connectivity index (χ4n) is 9.50. The van der Waals surface area contributed by atoms with Crippen molar-refractivity contribution in [2.24, 2.45) is 5.92 Å². The molecule has 1 saturated heterocycles. The fourth-order valence-corrected chi connectivity index (χ4v) is 15.8. The van der Waals surface area contributed by atoms with Crippen molar-refractivity contribution >= 4 is 50.0 Å². The van der Waals surface area contributed by atoms with Crippen molar-refractivity contribution in [1.29, 1.82) is 0 Å². The van der Waals surface area contributed by atoms with Crippen LogP contribution in [0.25, 0.3) is 10.9 Å². The van der Waals surface area contributed by atoms with Crippen molar-refractivity contribution in [3.63, 3.8) is 0 Å². The Labute approximate surface area is 374 Å². The van der Waals surface area contributed by atoms with Crippen molar-refractivity contribution < 1.29 is 37.4 Å². The third kappa shape index (κ3) is 11.9. The Morgan fingerprint density at radius 1 is 0.839 bits per heavy atom. The molecule has 1 aromatic heterocycles. The van der Waals surface area contributed by atoms with Gasteiger partial charge in [0.05, 0.1) is 30.8 Å². The Balaban J connectivity index is 1.71. The maximum atomic E-state index is 14.7. The lowest BCUT2D eigenvalue weighted by Gasteiger charge is -2.45. The van der Waals surface area contributed by atoms with Gasteiger partial charge < -0.3 is 27.8 Å². The number of nitrogens with zero attached hydrogens (tertiary/aromatic N) is 1. The highest BCUT2D eigenvalue weighted by Crippen LogP contribution is 2.43. The topological polar surface area (TPSA) is 94.5 Å². The number of esters is 1. The second-order valence-corrected chi connectivity index (χ2v) is 28.8. The summed E-state index contributed by atoms with van der Waals surface area (Å²) in [5.41, 5.74) is 0.859. The van der Waals surface area contributed by atoms with Crippen LogP contribution in [-0.2, 0) is 39.0 Å². The van der Waals surface area contributed by atoms with Crippen LogP contribution in [0.4, 0.5) is 4.79 Å². The molecular weight excluding hydrogens is 811 g/mol. The van der Waals surface area contributed by atoms with Gasteiger partial charge in [-0.3, -0.25) is 4.79 Å². The molecule has 0 amide bonds. The third-order valence-electron chi connectivity index (χ3n) is 12.2. The summed E-state index contributed by atoms with van der Waals surface area (Å²) in [7, 11) is -3.62. The lowest BCUT2D eigenvalue weighted by molar-refractivity contribution is -0.161. The first kappa shape index (κ1) is 49.4. The van der Waals surface area contributed by atoms with E-state index in [-0.39, 0.29) is 17.2 Å². The van der Waals surface area contributed by atoms with Gasteiger partial charge in [0, 0.05) is 24.3 Å². The van der Waals surface area contributed by atoms with Gasteiger partial charge in [-0.25, -0.2) is 9.36 Å². The Morgan fingerprint density at radius 2 is 1.44 bits per heavy atom. The molecule has 1 fully saturated rings. The van der Waals surface area contributed by atoms with Crippen molar-refractivity contribution in [2.45, 2.75) is 155 Å². The molecule has 11 heteroatoms. The lowest BCUT2D eigenvalue weighted by Crippen LogP contribution is -2.67. The highest BCUT2D eigenvalue weighted by Gasteiger charge is 2.51. The van der Waals surface area contributed by atoms with Crippen LogP contribution in [0.5, 0.6) is 0 Å². The molecule has 2 heterocycles. The number of fused-ring (bicyclic) bond motifs is 1. The van der Waals surface area contributed by atoms with Gasteiger partial charge in [-0.15, -0.1) is 0 Å². The number of rotatable bonds is 19. The number of carbonyl (C=O) groups excluding carboxylic acids is 2. The largest absolute Gasteiger partial charge is 0.469 e. The van der Waals surface area contributed by atoms with Crippen molar-refractivity contribution in [1.82, 2.24) is 4.57 Å². The lowest BCUT2D eigenvalue weighted by atomic mass is 9.80. The fraction of sp³-hybridized carbons (Fsp3) is 0.569. The third-order valence-corrected chi connectivity index (χ3v) is 18.2. The molecule has 1 aliphatic heterocycles. The summed E-state index contributed by atoms with van der Waals surface area (Å²) in [5.74, 6) is -1.47. The van der Waals surface area contributed by atoms with E-state index in [0.717, 1.165) is 43.1 Å². The van der Waals surface area contributed by atoms with Gasteiger partial charge in [-0.05, 0) is 125 Å². The molecule has 1 aliphatic rings. The number of aromatic nitrogens is 1. The molecule has 5 rings (SSSR count). The monoisotopic (exact) mass is 886 g/mol. The molecule has 0 N–H and O–H groups in total. The number of ether oxygens (including phenoxy) is 4. The molecule has 2 unspecified atom stereocenters. The first-order chi connectivity index (χ1) is 29.3. The standard InChI is InChI=1S/C51H75NO8Si2/c1-13-51(14-2,60-61(10,11)12)36-38(37-58-62(50(6,7)8,39-25-17-15-18-26-39)40-27-19-16-20-28-40)35-43(47(53)55-9)46-42(32-34-57-45-31-23-24-33-56-45)41-29-21-22-30-44(41)52(46)48(54)59-49(3,4)5/h15-22,25-30,38,43,45H,13-14,23-24,31-37H2,1-12H3/t38-,43?,45?/m1/s1. The molecule has 0 radical (unpaired) electrons. The molecule has 0 spiro atoms. The summed E-state index contributed by atoms with van der Waals surface area (Å²) in [6.07, 6.45) is 5.14. The van der Waals surface area contributed by atoms with Crippen molar-refractivity contribution in [3.8, 4) is 0 Å². The van der Waals surface area contributed by atoms with Gasteiger partial charge in [-0.1, -0.05) is 113 Å². The number of hydrogen-bond acceptors (Lipinski definition) is 8. The summed E-state index contributed by atoms with van der Waals surface area (Å²) in [5, 5.41) is 2.98. The highest BCUT2D eigenvalue weighted by molar-refractivity contribution is 6.99. The van der Waals surface area contributed by atoms with E-state index in [1.165, 1.54) is 17.5 Å². The van der Waals surface area contributed by atoms with Gasteiger partial charge in [-0.2, -0.15) is 0 Å². The molecule has 0 aliphatic carbocycles. The molecule has 9 nitrogen and oxygen atoms in total. The van der Waals surface area contributed by atoms with E-state index < -0.39 is 45.8 Å². The average Bonchev–Trinajstić information content (AvgIpc) is 3.55. The van der Waals surface area contributed by atoms with Gasteiger partial charge in [0.15, 0.2) is 14.6 Å². The van der Waals surface area contributed by atoms with Gasteiger partial charge in [0.2, 0.25) is 0 Å². The van der Waals surface area contributed by atoms with Crippen LogP contribution in [-0.4, -0.2) is 77.7 Å². The van der Waals surface area contributed by atoms with E-state index in [2.05, 4.69) is 115 Å². The molecule has 3 atom stereocenters. The predicted molar refractivity (Wildman–Crippen MR) is 256 cm³/mol. The smallest absolute Gasteiger partial charge is 0.419 e. The molecule has 0 saturated carbocycles. The second kappa shape index (κ2) is 20.9. The molecule has 340 valence electrons. The summed E-state index contributed by atoms with van der Waals surface area (Å²) in [6, 6.07) is 29.2. The Bertz CT molecular complexity index is 2000. The Hall–Kier alpha value is -3.59. The van der Waals surface area contributed by atoms with Crippen LogP contribution in [0.2, 0.25) is 24.7 Å². The van der Waals surface area contributed by atoms with Crippen LogP contribution in [0, 0.1) is 5.92 Å². The van der Waals surface area contributed by atoms with E-state index in [1.54, 1.807) is 4.57 Å². The van der Waals surface area contributed by atoms with E-state index in [4.69, 9.17) is 27.8 Å². The molecule has 0 bridgehead atoms. The minimum atomic E-state index is -3.00.